The third kappa shape index (κ3) is 13.3. The van der Waals surface area contributed by atoms with Gasteiger partial charge in [-0.05, 0) is 25.6 Å². The minimum absolute atomic E-state index is 0.633. The Bertz CT molecular complexity index is 276. The van der Waals surface area contributed by atoms with Crippen molar-refractivity contribution in [3.05, 3.63) is 30.3 Å². The molecule has 0 bridgehead atoms. The summed E-state index contributed by atoms with van der Waals surface area (Å²) in [4.78, 5) is 0. The van der Waals surface area contributed by atoms with Crippen LogP contribution in [0.3, 0.4) is 0 Å². The lowest BCUT2D eigenvalue weighted by Crippen LogP contribution is -2.12. The minimum Gasteiger partial charge on any atom is -0.491 e. The van der Waals surface area contributed by atoms with Gasteiger partial charge in [0.25, 0.3) is 0 Å². The highest BCUT2D eigenvalue weighted by atomic mass is 16.5. The van der Waals surface area contributed by atoms with Crippen LogP contribution in [-0.2, 0) is 9.47 Å². The van der Waals surface area contributed by atoms with Gasteiger partial charge < -0.3 is 19.5 Å². The molecule has 0 aliphatic heterocycles. The van der Waals surface area contributed by atoms with Crippen LogP contribution in [0.4, 0.5) is 0 Å². The van der Waals surface area contributed by atoms with Gasteiger partial charge in [-0.2, -0.15) is 0 Å². The number of methoxy groups -OCH3 is 1. The first kappa shape index (κ1) is 18.9. The Kier molecular flexibility index (Phi) is 15.1. The van der Waals surface area contributed by atoms with Crippen molar-refractivity contribution in [2.45, 2.75) is 19.8 Å². The van der Waals surface area contributed by atoms with Gasteiger partial charge in [0.1, 0.15) is 12.4 Å². The lowest BCUT2D eigenvalue weighted by atomic mass is 10.3. The molecule has 1 N–H and O–H groups in total. The quantitative estimate of drug-likeness (QED) is 0.670. The number of para-hydroxylation sites is 1. The molecule has 116 valence electrons. The third-order valence-corrected chi connectivity index (χ3v) is 2.44. The van der Waals surface area contributed by atoms with Crippen molar-refractivity contribution >= 4 is 0 Å². The van der Waals surface area contributed by atoms with Gasteiger partial charge in [0.2, 0.25) is 0 Å². The Morgan fingerprint density at radius 3 is 2.30 bits per heavy atom. The SMILES string of the molecule is CCCCOCCOc1ccccc1.CNCCOC. The molecule has 1 aromatic carbocycles. The van der Waals surface area contributed by atoms with E-state index in [1.54, 1.807) is 7.11 Å². The van der Waals surface area contributed by atoms with Crippen molar-refractivity contribution in [1.29, 1.82) is 0 Å². The Morgan fingerprint density at radius 1 is 1.00 bits per heavy atom. The van der Waals surface area contributed by atoms with Crippen molar-refractivity contribution in [3.63, 3.8) is 0 Å². The van der Waals surface area contributed by atoms with Crippen LogP contribution in [0.25, 0.3) is 0 Å². The van der Waals surface area contributed by atoms with Crippen molar-refractivity contribution in [2.75, 3.05) is 47.1 Å². The highest BCUT2D eigenvalue weighted by molar-refractivity contribution is 5.20. The van der Waals surface area contributed by atoms with E-state index in [1.807, 2.05) is 37.4 Å². The Hall–Kier alpha value is -1.10. The molecule has 0 atom stereocenters. The number of hydrogen-bond donors (Lipinski definition) is 1. The maximum atomic E-state index is 5.46. The molecule has 0 amide bonds. The second-order valence-corrected chi connectivity index (χ2v) is 4.22. The summed E-state index contributed by atoms with van der Waals surface area (Å²) in [6, 6.07) is 9.81. The van der Waals surface area contributed by atoms with E-state index in [0.717, 1.165) is 31.9 Å². The summed E-state index contributed by atoms with van der Waals surface area (Å²) in [5.74, 6) is 0.909. The zero-order valence-electron chi connectivity index (χ0n) is 13.1. The predicted molar refractivity (Wildman–Crippen MR) is 83.5 cm³/mol. The first-order chi connectivity index (χ1) is 9.85. The molecule has 20 heavy (non-hydrogen) atoms. The number of benzene rings is 1. The van der Waals surface area contributed by atoms with Gasteiger partial charge in [-0.1, -0.05) is 31.5 Å². The minimum atomic E-state index is 0.633. The van der Waals surface area contributed by atoms with Crippen LogP contribution in [0.5, 0.6) is 5.75 Å². The standard InChI is InChI=1S/C12H18O2.C4H11NO/c1-2-3-9-13-10-11-14-12-7-5-4-6-8-12;1-5-3-4-6-2/h4-8H,2-3,9-11H2,1H3;5H,3-4H2,1-2H3. The van der Waals surface area contributed by atoms with E-state index in [9.17, 15) is 0 Å². The molecule has 0 spiro atoms. The normalized spacial score (nSPS) is 9.75. The van der Waals surface area contributed by atoms with Gasteiger partial charge in [-0.15, -0.1) is 0 Å². The number of nitrogens with one attached hydrogen (secondary N) is 1. The average molecular weight is 283 g/mol. The van der Waals surface area contributed by atoms with Gasteiger partial charge in [-0.3, -0.25) is 0 Å². The number of unbranched alkanes of at least 4 members (excludes halogenated alkanes) is 1. The van der Waals surface area contributed by atoms with Crippen LogP contribution >= 0.6 is 0 Å². The van der Waals surface area contributed by atoms with Crippen molar-refractivity contribution in [2.24, 2.45) is 0 Å². The molecule has 0 aromatic heterocycles. The zero-order chi connectivity index (χ0) is 14.9. The van der Waals surface area contributed by atoms with E-state index in [0.29, 0.717) is 13.2 Å². The fraction of sp³-hybridized carbons (Fsp3) is 0.625. The molecule has 0 saturated carbocycles. The number of likely N-dealkylation sites (N-methyl/N-ethyl adjacent to an activating group) is 1. The van der Waals surface area contributed by atoms with E-state index in [4.69, 9.17) is 14.2 Å². The maximum absolute atomic E-state index is 5.46. The smallest absolute Gasteiger partial charge is 0.119 e. The van der Waals surface area contributed by atoms with Crippen molar-refractivity contribution in [1.82, 2.24) is 5.32 Å². The molecule has 0 fully saturated rings. The first-order valence-corrected chi connectivity index (χ1v) is 7.24. The molecule has 1 aromatic rings. The van der Waals surface area contributed by atoms with Crippen LogP contribution in [0, 0.1) is 0 Å². The highest BCUT2D eigenvalue weighted by Gasteiger charge is 1.91. The van der Waals surface area contributed by atoms with Crippen LogP contribution in [0.2, 0.25) is 0 Å². The second-order valence-electron chi connectivity index (χ2n) is 4.22. The van der Waals surface area contributed by atoms with Crippen LogP contribution in [-0.4, -0.2) is 47.1 Å². The largest absolute Gasteiger partial charge is 0.491 e. The summed E-state index contributed by atoms with van der Waals surface area (Å²) < 4.78 is 15.6. The van der Waals surface area contributed by atoms with Crippen molar-refractivity contribution in [3.8, 4) is 5.75 Å². The molecular weight excluding hydrogens is 254 g/mol. The summed E-state index contributed by atoms with van der Waals surface area (Å²) in [6.45, 7) is 6.05. The Balaban J connectivity index is 0.000000511. The van der Waals surface area contributed by atoms with Gasteiger partial charge in [0.05, 0.1) is 13.2 Å². The number of ether oxygens (including phenoxy) is 3. The number of hydrogen-bond acceptors (Lipinski definition) is 4. The molecule has 4 nitrogen and oxygen atoms in total. The Morgan fingerprint density at radius 2 is 1.75 bits per heavy atom. The van der Waals surface area contributed by atoms with Crippen LogP contribution in [0.1, 0.15) is 19.8 Å². The molecular formula is C16H29NO3. The van der Waals surface area contributed by atoms with Crippen LogP contribution in [0.15, 0.2) is 30.3 Å². The van der Waals surface area contributed by atoms with Gasteiger partial charge >= 0.3 is 0 Å². The lowest BCUT2D eigenvalue weighted by Gasteiger charge is -2.06. The van der Waals surface area contributed by atoms with Gasteiger partial charge in [0, 0.05) is 20.3 Å². The molecule has 0 unspecified atom stereocenters. The predicted octanol–water partition coefficient (Wildman–Crippen LogP) is 2.73. The van der Waals surface area contributed by atoms with Crippen LogP contribution < -0.4 is 10.1 Å². The first-order valence-electron chi connectivity index (χ1n) is 7.24. The topological polar surface area (TPSA) is 39.7 Å². The van der Waals surface area contributed by atoms with E-state index >= 15 is 0 Å². The molecule has 1 rings (SSSR count). The fourth-order valence-corrected chi connectivity index (χ4v) is 1.29. The van der Waals surface area contributed by atoms with Gasteiger partial charge in [-0.25, -0.2) is 0 Å². The summed E-state index contributed by atoms with van der Waals surface area (Å²) in [6.07, 6.45) is 2.31. The van der Waals surface area contributed by atoms with E-state index in [2.05, 4.69) is 12.2 Å². The molecule has 0 radical (unpaired) electrons. The molecule has 0 aliphatic rings. The highest BCUT2D eigenvalue weighted by Crippen LogP contribution is 2.07. The zero-order valence-corrected chi connectivity index (χ0v) is 13.1. The van der Waals surface area contributed by atoms with E-state index < -0.39 is 0 Å². The molecule has 0 aliphatic carbocycles. The average Bonchev–Trinajstić information content (AvgIpc) is 2.50. The molecule has 0 saturated heterocycles. The number of rotatable bonds is 10. The molecule has 0 heterocycles. The summed E-state index contributed by atoms with van der Waals surface area (Å²) in [5, 5.41) is 2.94. The summed E-state index contributed by atoms with van der Waals surface area (Å²) >= 11 is 0. The third-order valence-electron chi connectivity index (χ3n) is 2.44. The summed E-state index contributed by atoms with van der Waals surface area (Å²) in [5.41, 5.74) is 0. The van der Waals surface area contributed by atoms with E-state index in [-0.39, 0.29) is 0 Å². The Labute approximate surface area is 123 Å². The van der Waals surface area contributed by atoms with E-state index in [1.165, 1.54) is 6.42 Å². The maximum Gasteiger partial charge on any atom is 0.119 e. The molecule has 4 heteroatoms. The second kappa shape index (κ2) is 16.0. The monoisotopic (exact) mass is 283 g/mol. The fourth-order valence-electron chi connectivity index (χ4n) is 1.29. The van der Waals surface area contributed by atoms with Crippen molar-refractivity contribution < 1.29 is 14.2 Å². The van der Waals surface area contributed by atoms with Gasteiger partial charge in [0.15, 0.2) is 0 Å². The summed E-state index contributed by atoms with van der Waals surface area (Å²) in [7, 11) is 3.59. The lowest BCUT2D eigenvalue weighted by molar-refractivity contribution is 0.0980.